The van der Waals surface area contributed by atoms with Gasteiger partial charge in [-0.25, -0.2) is 0 Å². The largest absolute Gasteiger partial charge is 0.395 e. The molecule has 50 valence electrons. The number of hydrogen-bond donors (Lipinski definition) is 1. The highest BCUT2D eigenvalue weighted by molar-refractivity contribution is 5.72. The molecule has 0 aliphatic heterocycles. The number of carbonyl (C=O) groups is 1. The van der Waals surface area contributed by atoms with Crippen LogP contribution in [0.25, 0.3) is 0 Å². The molecule has 0 saturated carbocycles. The van der Waals surface area contributed by atoms with Crippen molar-refractivity contribution in [2.75, 3.05) is 6.61 Å². The highest BCUT2D eigenvalue weighted by Crippen LogP contribution is 2.09. The van der Waals surface area contributed by atoms with E-state index in [4.69, 9.17) is 5.11 Å². The Labute approximate surface area is 54.9 Å². The van der Waals surface area contributed by atoms with Crippen molar-refractivity contribution in [1.82, 2.24) is 0 Å². The zero-order valence-corrected chi connectivity index (χ0v) is 5.64. The lowest BCUT2D eigenvalue weighted by atomic mass is 9.96. The second-order valence-electron chi connectivity index (χ2n) is 2.43. The van der Waals surface area contributed by atoms with Crippen molar-refractivity contribution in [3.63, 3.8) is 0 Å². The first-order valence-electron chi connectivity index (χ1n) is 2.69. The van der Waals surface area contributed by atoms with E-state index in [1.54, 1.807) is 13.8 Å². The summed E-state index contributed by atoms with van der Waals surface area (Å²) >= 11 is 0. The molecule has 0 aromatic carbocycles. The molecule has 0 aromatic heterocycles. The molecule has 9 heavy (non-hydrogen) atoms. The van der Waals surface area contributed by atoms with Gasteiger partial charge in [0.2, 0.25) is 0 Å². The van der Waals surface area contributed by atoms with Crippen LogP contribution in [-0.2, 0) is 4.79 Å². The van der Waals surface area contributed by atoms with E-state index < -0.39 is 5.41 Å². The first-order valence-corrected chi connectivity index (χ1v) is 2.69. The molecule has 0 aromatic rings. The Morgan fingerprint density at radius 2 is 2.22 bits per heavy atom. The van der Waals surface area contributed by atoms with Crippen LogP contribution in [0.2, 0.25) is 0 Å². The van der Waals surface area contributed by atoms with Crippen LogP contribution in [0.15, 0.2) is 0 Å². The van der Waals surface area contributed by atoms with Crippen LogP contribution < -0.4 is 0 Å². The van der Waals surface area contributed by atoms with Gasteiger partial charge in [-0.3, -0.25) is 4.79 Å². The third kappa shape index (κ3) is 3.75. The highest BCUT2D eigenvalue weighted by atomic mass is 16.3. The average molecular weight is 126 g/mol. The van der Waals surface area contributed by atoms with E-state index in [0.717, 1.165) is 0 Å². The van der Waals surface area contributed by atoms with Gasteiger partial charge >= 0.3 is 0 Å². The van der Waals surface area contributed by atoms with Crippen LogP contribution in [0.1, 0.15) is 13.8 Å². The van der Waals surface area contributed by atoms with Gasteiger partial charge in [0.15, 0.2) is 6.29 Å². The predicted molar refractivity (Wildman–Crippen MR) is 34.7 cm³/mol. The summed E-state index contributed by atoms with van der Waals surface area (Å²) in [6, 6.07) is 0. The summed E-state index contributed by atoms with van der Waals surface area (Å²) in [7, 11) is 0. The van der Waals surface area contributed by atoms with Crippen LogP contribution in [0, 0.1) is 17.3 Å². The zero-order valence-electron chi connectivity index (χ0n) is 5.64. The van der Waals surface area contributed by atoms with Crippen LogP contribution in [0.4, 0.5) is 0 Å². The van der Waals surface area contributed by atoms with Crippen molar-refractivity contribution in [3.05, 3.63) is 0 Å². The maximum atomic E-state index is 9.71. The van der Waals surface area contributed by atoms with Crippen LogP contribution in [0.5, 0.6) is 0 Å². The van der Waals surface area contributed by atoms with E-state index in [1.807, 2.05) is 0 Å². The topological polar surface area (TPSA) is 37.3 Å². The molecular formula is C7H10O2. The second kappa shape index (κ2) is 3.26. The molecule has 1 N–H and O–H groups in total. The van der Waals surface area contributed by atoms with Gasteiger partial charge in [-0.1, -0.05) is 5.92 Å². The standard InChI is InChI=1S/C7H10O2/c1-7(2,6-9)4-3-5-8/h5,9H,6H2,1-2H3. The minimum absolute atomic E-state index is 0.0200. The fourth-order valence-electron chi connectivity index (χ4n) is 0.264. The van der Waals surface area contributed by atoms with Gasteiger partial charge in [0.25, 0.3) is 0 Å². The van der Waals surface area contributed by atoms with E-state index in [0.29, 0.717) is 6.29 Å². The number of aliphatic hydroxyl groups is 1. The number of aldehydes is 1. The van der Waals surface area contributed by atoms with Gasteiger partial charge in [-0.15, -0.1) is 0 Å². The Morgan fingerprint density at radius 3 is 2.56 bits per heavy atom. The summed E-state index contributed by atoms with van der Waals surface area (Å²) in [6.07, 6.45) is 0.525. The zero-order chi connectivity index (χ0) is 7.33. The third-order valence-electron chi connectivity index (χ3n) is 0.865. The van der Waals surface area contributed by atoms with Crippen molar-refractivity contribution in [2.24, 2.45) is 5.41 Å². The molecule has 0 bridgehead atoms. The molecule has 0 heterocycles. The monoisotopic (exact) mass is 126 g/mol. The minimum atomic E-state index is -0.444. The summed E-state index contributed by atoms with van der Waals surface area (Å²) in [5.41, 5.74) is -0.444. The Balaban J connectivity index is 3.99. The van der Waals surface area contributed by atoms with Crippen molar-refractivity contribution in [3.8, 4) is 11.8 Å². The van der Waals surface area contributed by atoms with Crippen LogP contribution in [0.3, 0.4) is 0 Å². The average Bonchev–Trinajstić information content (AvgIpc) is 1.84. The van der Waals surface area contributed by atoms with Crippen molar-refractivity contribution < 1.29 is 9.90 Å². The second-order valence-corrected chi connectivity index (χ2v) is 2.43. The summed E-state index contributed by atoms with van der Waals surface area (Å²) < 4.78 is 0. The van der Waals surface area contributed by atoms with Gasteiger partial charge in [0.1, 0.15) is 0 Å². The summed E-state index contributed by atoms with van der Waals surface area (Å²) in [5.74, 6) is 4.84. The SMILES string of the molecule is CC(C)(C#CC=O)CO. The molecule has 2 heteroatoms. The van der Waals surface area contributed by atoms with E-state index in [-0.39, 0.29) is 6.61 Å². The predicted octanol–water partition coefficient (Wildman–Crippen LogP) is 0.207. The molecule has 0 radical (unpaired) electrons. The summed E-state index contributed by atoms with van der Waals surface area (Å²) in [5, 5.41) is 8.60. The Morgan fingerprint density at radius 1 is 1.67 bits per heavy atom. The van der Waals surface area contributed by atoms with E-state index in [9.17, 15) is 4.79 Å². The molecule has 0 saturated heterocycles. The molecular weight excluding hydrogens is 116 g/mol. The molecule has 0 unspecified atom stereocenters. The van der Waals surface area contributed by atoms with Gasteiger partial charge in [-0.2, -0.15) is 0 Å². The van der Waals surface area contributed by atoms with Crippen LogP contribution >= 0.6 is 0 Å². The van der Waals surface area contributed by atoms with Gasteiger partial charge in [0, 0.05) is 5.41 Å². The Kier molecular flexibility index (Phi) is 2.97. The molecule has 0 fully saturated rings. The Bertz CT molecular complexity index is 148. The molecule has 0 rings (SSSR count). The fourth-order valence-corrected chi connectivity index (χ4v) is 0.264. The summed E-state index contributed by atoms with van der Waals surface area (Å²) in [6.45, 7) is 3.51. The van der Waals surface area contributed by atoms with E-state index in [2.05, 4.69) is 11.8 Å². The van der Waals surface area contributed by atoms with Crippen molar-refractivity contribution in [2.45, 2.75) is 13.8 Å². The van der Waals surface area contributed by atoms with Crippen molar-refractivity contribution in [1.29, 1.82) is 0 Å². The van der Waals surface area contributed by atoms with Crippen molar-refractivity contribution >= 4 is 6.29 Å². The quantitative estimate of drug-likeness (QED) is 0.402. The number of rotatable bonds is 1. The lowest BCUT2D eigenvalue weighted by Crippen LogP contribution is -2.13. The Hall–Kier alpha value is -0.810. The molecule has 0 amide bonds. The molecule has 2 nitrogen and oxygen atoms in total. The number of hydrogen-bond acceptors (Lipinski definition) is 2. The molecule has 0 aliphatic carbocycles. The molecule has 0 atom stereocenters. The van der Waals surface area contributed by atoms with Crippen LogP contribution in [-0.4, -0.2) is 18.0 Å². The number of aliphatic hydroxyl groups excluding tert-OH is 1. The lowest BCUT2D eigenvalue weighted by molar-refractivity contribution is -0.103. The fraction of sp³-hybridized carbons (Fsp3) is 0.571. The van der Waals surface area contributed by atoms with Gasteiger partial charge < -0.3 is 5.11 Å². The highest BCUT2D eigenvalue weighted by Gasteiger charge is 2.10. The minimum Gasteiger partial charge on any atom is -0.395 e. The normalized spacial score (nSPS) is 9.67. The maximum absolute atomic E-state index is 9.71. The maximum Gasteiger partial charge on any atom is 0.192 e. The molecule has 0 spiro atoms. The third-order valence-corrected chi connectivity index (χ3v) is 0.865. The smallest absolute Gasteiger partial charge is 0.192 e. The number of carbonyl (C=O) groups excluding carboxylic acids is 1. The van der Waals surface area contributed by atoms with E-state index in [1.165, 1.54) is 0 Å². The van der Waals surface area contributed by atoms with Gasteiger partial charge in [-0.05, 0) is 19.8 Å². The van der Waals surface area contributed by atoms with E-state index >= 15 is 0 Å². The molecule has 0 aliphatic rings. The lowest BCUT2D eigenvalue weighted by Gasteiger charge is -2.11. The first-order chi connectivity index (χ1) is 4.12. The summed E-state index contributed by atoms with van der Waals surface area (Å²) in [4.78, 5) is 9.71. The first kappa shape index (κ1) is 8.19. The van der Waals surface area contributed by atoms with Gasteiger partial charge in [0.05, 0.1) is 6.61 Å².